The predicted molar refractivity (Wildman–Crippen MR) is 65.1 cm³/mol. The summed E-state index contributed by atoms with van der Waals surface area (Å²) >= 11 is 0. The van der Waals surface area contributed by atoms with E-state index >= 15 is 0 Å². The van der Waals surface area contributed by atoms with Crippen LogP contribution in [0.3, 0.4) is 0 Å². The highest BCUT2D eigenvalue weighted by Crippen LogP contribution is 2.17. The highest BCUT2D eigenvalue weighted by molar-refractivity contribution is 6.00. The van der Waals surface area contributed by atoms with Crippen molar-refractivity contribution in [3.8, 4) is 0 Å². The van der Waals surface area contributed by atoms with Crippen LogP contribution in [0, 0.1) is 5.41 Å². The van der Waals surface area contributed by atoms with Gasteiger partial charge in [0, 0.05) is 24.8 Å². The van der Waals surface area contributed by atoms with E-state index in [-0.39, 0.29) is 24.8 Å². The Labute approximate surface area is 95.6 Å². The lowest BCUT2D eigenvalue weighted by molar-refractivity contribution is 0.304. The van der Waals surface area contributed by atoms with Gasteiger partial charge in [-0.15, -0.1) is 12.4 Å². The van der Waals surface area contributed by atoms with Crippen molar-refractivity contribution in [3.05, 3.63) is 29.8 Å². The fraction of sp³-hybridized carbons (Fsp3) is 0.300. The molecule has 0 radical (unpaired) electrons. The standard InChI is InChI=1S/C10H15N3O.ClH/c1-13(6-7-14)9-5-3-2-4-8(9)10(11)12;/h2-5,14H,6-7H2,1H3,(H3,11,12);1H. The Balaban J connectivity index is 0.00000196. The Bertz CT molecular complexity index is 330. The number of rotatable bonds is 4. The number of amidine groups is 1. The molecule has 4 N–H and O–H groups in total. The number of aliphatic hydroxyl groups is 1. The minimum absolute atomic E-state index is 0. The molecule has 84 valence electrons. The number of likely N-dealkylation sites (N-methyl/N-ethyl adjacent to an activating group) is 1. The van der Waals surface area contributed by atoms with E-state index in [0.717, 1.165) is 5.69 Å². The van der Waals surface area contributed by atoms with Gasteiger partial charge in [0.05, 0.1) is 6.61 Å². The highest BCUT2D eigenvalue weighted by Gasteiger charge is 2.07. The second kappa shape index (κ2) is 6.27. The molecule has 0 fully saturated rings. The quantitative estimate of drug-likeness (QED) is 0.529. The van der Waals surface area contributed by atoms with E-state index in [9.17, 15) is 0 Å². The maximum Gasteiger partial charge on any atom is 0.124 e. The number of nitrogens with one attached hydrogen (secondary N) is 1. The Hall–Kier alpha value is -1.26. The van der Waals surface area contributed by atoms with Gasteiger partial charge in [-0.05, 0) is 12.1 Å². The maximum atomic E-state index is 8.80. The van der Waals surface area contributed by atoms with Gasteiger partial charge < -0.3 is 15.7 Å². The predicted octanol–water partition coefficient (Wildman–Crippen LogP) is 0.821. The second-order valence-electron chi connectivity index (χ2n) is 3.08. The van der Waals surface area contributed by atoms with Gasteiger partial charge in [-0.3, -0.25) is 5.41 Å². The van der Waals surface area contributed by atoms with Crippen LogP contribution in [0.5, 0.6) is 0 Å². The third kappa shape index (κ3) is 3.42. The first kappa shape index (κ1) is 13.7. The molecule has 0 amide bonds. The number of nitrogens with two attached hydrogens (primary N) is 1. The van der Waals surface area contributed by atoms with Gasteiger partial charge in [0.2, 0.25) is 0 Å². The van der Waals surface area contributed by atoms with Gasteiger partial charge in [0.15, 0.2) is 0 Å². The number of nitrogen functional groups attached to an aromatic ring is 1. The molecule has 1 rings (SSSR count). The monoisotopic (exact) mass is 229 g/mol. The van der Waals surface area contributed by atoms with Gasteiger partial charge in [-0.1, -0.05) is 12.1 Å². The van der Waals surface area contributed by atoms with Gasteiger partial charge >= 0.3 is 0 Å². The Morgan fingerprint density at radius 1 is 1.47 bits per heavy atom. The Morgan fingerprint density at radius 2 is 2.07 bits per heavy atom. The zero-order valence-electron chi connectivity index (χ0n) is 8.60. The molecule has 0 bridgehead atoms. The number of hydrogen-bond donors (Lipinski definition) is 3. The molecular formula is C10H16ClN3O. The summed E-state index contributed by atoms with van der Waals surface area (Å²) in [6, 6.07) is 7.40. The van der Waals surface area contributed by atoms with E-state index in [4.69, 9.17) is 16.2 Å². The number of aliphatic hydroxyl groups excluding tert-OH is 1. The molecule has 1 aromatic carbocycles. The summed E-state index contributed by atoms with van der Waals surface area (Å²) in [5.74, 6) is 0.0467. The van der Waals surface area contributed by atoms with Gasteiger partial charge in [-0.25, -0.2) is 0 Å². The molecule has 0 aliphatic heterocycles. The summed E-state index contributed by atoms with van der Waals surface area (Å²) in [5.41, 5.74) is 7.01. The number of halogens is 1. The molecule has 0 heterocycles. The summed E-state index contributed by atoms with van der Waals surface area (Å²) < 4.78 is 0. The third-order valence-electron chi connectivity index (χ3n) is 2.04. The van der Waals surface area contributed by atoms with Crippen LogP contribution in [0.2, 0.25) is 0 Å². The molecule has 4 nitrogen and oxygen atoms in total. The summed E-state index contributed by atoms with van der Waals surface area (Å²) in [5, 5.41) is 16.2. The van der Waals surface area contributed by atoms with Crippen molar-refractivity contribution in [2.75, 3.05) is 25.1 Å². The normalized spacial score (nSPS) is 9.20. The van der Waals surface area contributed by atoms with Crippen LogP contribution in [-0.4, -0.2) is 31.1 Å². The molecule has 1 aromatic rings. The van der Waals surface area contributed by atoms with Crippen molar-refractivity contribution in [1.82, 2.24) is 0 Å². The molecule has 5 heteroatoms. The summed E-state index contributed by atoms with van der Waals surface area (Å²) in [7, 11) is 1.86. The first-order valence-corrected chi connectivity index (χ1v) is 4.42. The second-order valence-corrected chi connectivity index (χ2v) is 3.08. The minimum Gasteiger partial charge on any atom is -0.395 e. The van der Waals surface area contributed by atoms with E-state index < -0.39 is 0 Å². The first-order chi connectivity index (χ1) is 6.66. The fourth-order valence-corrected chi connectivity index (χ4v) is 1.30. The number of nitrogens with zero attached hydrogens (tertiary/aromatic N) is 1. The van der Waals surface area contributed by atoms with Crippen LogP contribution in [-0.2, 0) is 0 Å². The SMILES string of the molecule is CN(CCO)c1ccccc1C(=N)N.Cl. The molecule has 0 saturated heterocycles. The minimum atomic E-state index is 0. The molecule has 15 heavy (non-hydrogen) atoms. The number of anilines is 1. The Morgan fingerprint density at radius 3 is 2.60 bits per heavy atom. The average Bonchev–Trinajstić information content (AvgIpc) is 2.18. The fourth-order valence-electron chi connectivity index (χ4n) is 1.30. The molecule has 0 aliphatic carbocycles. The van der Waals surface area contributed by atoms with Crippen molar-refractivity contribution in [2.24, 2.45) is 5.73 Å². The number of benzene rings is 1. The lowest BCUT2D eigenvalue weighted by Crippen LogP contribution is -2.24. The van der Waals surface area contributed by atoms with Crippen LogP contribution in [0.4, 0.5) is 5.69 Å². The van der Waals surface area contributed by atoms with E-state index in [1.165, 1.54) is 0 Å². The highest BCUT2D eigenvalue weighted by atomic mass is 35.5. The van der Waals surface area contributed by atoms with Gasteiger partial charge in [0.1, 0.15) is 5.84 Å². The smallest absolute Gasteiger partial charge is 0.124 e. The molecular weight excluding hydrogens is 214 g/mol. The van der Waals surface area contributed by atoms with Crippen LogP contribution < -0.4 is 10.6 Å². The van der Waals surface area contributed by atoms with Crippen LogP contribution >= 0.6 is 12.4 Å². The van der Waals surface area contributed by atoms with Crippen LogP contribution in [0.15, 0.2) is 24.3 Å². The lowest BCUT2D eigenvalue weighted by Gasteiger charge is -2.20. The maximum absolute atomic E-state index is 8.80. The molecule has 0 atom stereocenters. The Kier molecular flexibility index (Phi) is 5.74. The molecule has 0 aliphatic rings. The zero-order valence-corrected chi connectivity index (χ0v) is 9.42. The largest absolute Gasteiger partial charge is 0.395 e. The van der Waals surface area contributed by atoms with Crippen molar-refractivity contribution in [2.45, 2.75) is 0 Å². The van der Waals surface area contributed by atoms with Crippen molar-refractivity contribution in [3.63, 3.8) is 0 Å². The van der Waals surface area contributed by atoms with Crippen molar-refractivity contribution in [1.29, 1.82) is 5.41 Å². The van der Waals surface area contributed by atoms with E-state index in [1.807, 2.05) is 30.1 Å². The van der Waals surface area contributed by atoms with Gasteiger partial charge in [-0.2, -0.15) is 0 Å². The molecule has 0 saturated carbocycles. The number of para-hydroxylation sites is 1. The number of hydrogen-bond acceptors (Lipinski definition) is 3. The van der Waals surface area contributed by atoms with Crippen molar-refractivity contribution >= 4 is 23.9 Å². The molecule has 0 aromatic heterocycles. The van der Waals surface area contributed by atoms with E-state index in [1.54, 1.807) is 6.07 Å². The van der Waals surface area contributed by atoms with Crippen LogP contribution in [0.1, 0.15) is 5.56 Å². The zero-order chi connectivity index (χ0) is 10.6. The summed E-state index contributed by atoms with van der Waals surface area (Å²) in [6.07, 6.45) is 0. The summed E-state index contributed by atoms with van der Waals surface area (Å²) in [4.78, 5) is 1.87. The average molecular weight is 230 g/mol. The molecule has 0 spiro atoms. The lowest BCUT2D eigenvalue weighted by atomic mass is 10.1. The molecule has 0 unspecified atom stereocenters. The first-order valence-electron chi connectivity index (χ1n) is 4.42. The summed E-state index contributed by atoms with van der Waals surface area (Å²) in [6.45, 7) is 0.618. The van der Waals surface area contributed by atoms with Gasteiger partial charge in [0.25, 0.3) is 0 Å². The van der Waals surface area contributed by atoms with E-state index in [2.05, 4.69) is 0 Å². The van der Waals surface area contributed by atoms with E-state index in [0.29, 0.717) is 12.1 Å². The van der Waals surface area contributed by atoms with Crippen molar-refractivity contribution < 1.29 is 5.11 Å². The topological polar surface area (TPSA) is 73.3 Å². The third-order valence-corrected chi connectivity index (χ3v) is 2.04. The van der Waals surface area contributed by atoms with Crippen LogP contribution in [0.25, 0.3) is 0 Å².